The van der Waals surface area contributed by atoms with Gasteiger partial charge in [0.2, 0.25) is 0 Å². The van der Waals surface area contributed by atoms with Crippen LogP contribution in [0, 0.1) is 0 Å². The number of amides is 1. The van der Waals surface area contributed by atoms with Gasteiger partial charge in [0.05, 0.1) is 17.6 Å². The fraction of sp³-hybridized carbons (Fsp3) is 0.174. The van der Waals surface area contributed by atoms with Gasteiger partial charge in [0.15, 0.2) is 5.49 Å². The Morgan fingerprint density at radius 3 is 2.47 bits per heavy atom. The molecule has 0 saturated carbocycles. The molecule has 174 valence electrons. The zero-order valence-electron chi connectivity index (χ0n) is 18.0. The molecule has 0 saturated heterocycles. The Labute approximate surface area is 189 Å². The maximum Gasteiger partial charge on any atom is 0.416 e. The third-order valence-electron chi connectivity index (χ3n) is 5.08. The van der Waals surface area contributed by atoms with Gasteiger partial charge < -0.3 is 9.30 Å². The monoisotopic (exact) mass is 470 g/mol. The van der Waals surface area contributed by atoms with E-state index in [1.54, 1.807) is 25.1 Å². The van der Waals surface area contributed by atoms with Crippen molar-refractivity contribution in [2.45, 2.75) is 13.1 Å². The number of aromatic nitrogens is 3. The number of hydrogen-bond donors (Lipinski definition) is 0. The molecule has 4 aromatic rings. The molecular weight excluding hydrogens is 453 g/mol. The SMILES string of the molecule is CCOC(=O)c1cc2c(=O)n3ccccc3nc2n(C)c1=NC(=O)c1ccc(C(F)(F)F)cc1. The molecule has 34 heavy (non-hydrogen) atoms. The summed E-state index contributed by atoms with van der Waals surface area (Å²) in [5.74, 6) is -1.71. The Hall–Kier alpha value is -4.28. The van der Waals surface area contributed by atoms with E-state index >= 15 is 0 Å². The first-order valence-electron chi connectivity index (χ1n) is 10.1. The van der Waals surface area contributed by atoms with Crippen LogP contribution in [-0.2, 0) is 18.0 Å². The summed E-state index contributed by atoms with van der Waals surface area (Å²) in [4.78, 5) is 46.9. The first-order chi connectivity index (χ1) is 16.1. The van der Waals surface area contributed by atoms with Gasteiger partial charge >= 0.3 is 12.1 Å². The Kier molecular flexibility index (Phi) is 5.78. The summed E-state index contributed by atoms with van der Waals surface area (Å²) in [6.45, 7) is 1.62. The average molecular weight is 470 g/mol. The Morgan fingerprint density at radius 2 is 1.82 bits per heavy atom. The summed E-state index contributed by atoms with van der Waals surface area (Å²) in [6, 6.07) is 9.75. The highest BCUT2D eigenvalue weighted by molar-refractivity contribution is 5.97. The molecule has 3 aromatic heterocycles. The molecule has 0 N–H and O–H groups in total. The first kappa shape index (κ1) is 22.9. The molecule has 8 nitrogen and oxygen atoms in total. The molecule has 0 unspecified atom stereocenters. The van der Waals surface area contributed by atoms with Crippen LogP contribution in [0.25, 0.3) is 16.7 Å². The molecule has 0 bridgehead atoms. The van der Waals surface area contributed by atoms with Crippen molar-refractivity contribution >= 4 is 28.6 Å². The van der Waals surface area contributed by atoms with E-state index in [2.05, 4.69) is 9.98 Å². The number of rotatable bonds is 3. The molecule has 0 spiro atoms. The van der Waals surface area contributed by atoms with Crippen molar-refractivity contribution in [2.75, 3.05) is 6.61 Å². The highest BCUT2D eigenvalue weighted by Gasteiger charge is 2.30. The number of pyridine rings is 2. The van der Waals surface area contributed by atoms with Crippen molar-refractivity contribution in [1.29, 1.82) is 0 Å². The molecule has 0 fully saturated rings. The largest absolute Gasteiger partial charge is 0.462 e. The minimum absolute atomic E-state index is 0.0296. The second-order valence-electron chi connectivity index (χ2n) is 7.24. The molecule has 1 amide bonds. The number of fused-ring (bicyclic) bond motifs is 2. The van der Waals surface area contributed by atoms with E-state index in [1.165, 1.54) is 28.3 Å². The highest BCUT2D eigenvalue weighted by atomic mass is 19.4. The van der Waals surface area contributed by atoms with Gasteiger partial charge in [-0.25, -0.2) is 9.78 Å². The number of nitrogens with zero attached hydrogens (tertiary/aromatic N) is 4. The molecular formula is C23H17F3N4O4. The minimum atomic E-state index is -4.55. The zero-order chi connectivity index (χ0) is 24.6. The lowest BCUT2D eigenvalue weighted by Crippen LogP contribution is -2.31. The van der Waals surface area contributed by atoms with Crippen LogP contribution >= 0.6 is 0 Å². The highest BCUT2D eigenvalue weighted by Crippen LogP contribution is 2.29. The standard InChI is InChI=1S/C23H17F3N4O4/c1-3-34-22(33)16-12-15-18(27-17-6-4-5-11-30(17)21(15)32)29(2)19(16)28-20(31)13-7-9-14(10-8-13)23(24,25)26/h4-12H,3H2,1-2H3. The fourth-order valence-electron chi connectivity index (χ4n) is 3.42. The summed E-state index contributed by atoms with van der Waals surface area (Å²) in [5, 5.41) is 0.0928. The van der Waals surface area contributed by atoms with Gasteiger partial charge in [-0.3, -0.25) is 14.0 Å². The number of benzene rings is 1. The van der Waals surface area contributed by atoms with E-state index in [1.807, 2.05) is 0 Å². The third kappa shape index (κ3) is 4.07. The fourth-order valence-corrected chi connectivity index (χ4v) is 3.42. The second-order valence-corrected chi connectivity index (χ2v) is 7.24. The van der Waals surface area contributed by atoms with Gasteiger partial charge in [-0.1, -0.05) is 6.07 Å². The van der Waals surface area contributed by atoms with Gasteiger partial charge in [-0.05, 0) is 49.4 Å². The minimum Gasteiger partial charge on any atom is -0.462 e. The normalized spacial score (nSPS) is 12.3. The summed E-state index contributed by atoms with van der Waals surface area (Å²) in [6.07, 6.45) is -3.02. The number of hydrogen-bond acceptors (Lipinski definition) is 5. The number of carbonyl (C=O) groups is 2. The molecule has 1 aromatic carbocycles. The van der Waals surface area contributed by atoms with E-state index in [-0.39, 0.29) is 34.3 Å². The summed E-state index contributed by atoms with van der Waals surface area (Å²) in [5.41, 5.74) is -1.29. The molecule has 4 rings (SSSR count). The molecule has 3 heterocycles. The lowest BCUT2D eigenvalue weighted by Gasteiger charge is -2.11. The molecule has 11 heteroatoms. The van der Waals surface area contributed by atoms with E-state index in [9.17, 15) is 27.6 Å². The van der Waals surface area contributed by atoms with Gasteiger partial charge in [0, 0.05) is 18.8 Å². The van der Waals surface area contributed by atoms with Crippen LogP contribution in [0.3, 0.4) is 0 Å². The number of ether oxygens (including phenoxy) is 1. The van der Waals surface area contributed by atoms with Crippen LogP contribution in [0.2, 0.25) is 0 Å². The molecule has 0 atom stereocenters. The maximum atomic E-state index is 13.0. The van der Waals surface area contributed by atoms with Crippen molar-refractivity contribution in [3.8, 4) is 0 Å². The van der Waals surface area contributed by atoms with Gasteiger partial charge in [0.1, 0.15) is 16.9 Å². The van der Waals surface area contributed by atoms with Crippen LogP contribution in [0.1, 0.15) is 33.2 Å². The van der Waals surface area contributed by atoms with Crippen molar-refractivity contribution in [3.05, 3.63) is 87.3 Å². The van der Waals surface area contributed by atoms with Crippen LogP contribution < -0.4 is 11.0 Å². The van der Waals surface area contributed by atoms with Crippen LogP contribution in [0.15, 0.2) is 64.5 Å². The number of alkyl halides is 3. The molecule has 0 radical (unpaired) electrons. The maximum absolute atomic E-state index is 13.0. The molecule has 0 aliphatic carbocycles. The van der Waals surface area contributed by atoms with Gasteiger partial charge in [-0.2, -0.15) is 18.2 Å². The smallest absolute Gasteiger partial charge is 0.416 e. The van der Waals surface area contributed by atoms with E-state index < -0.39 is 29.2 Å². The van der Waals surface area contributed by atoms with E-state index in [0.29, 0.717) is 5.65 Å². The van der Waals surface area contributed by atoms with Crippen molar-refractivity contribution in [3.63, 3.8) is 0 Å². The Balaban J connectivity index is 1.97. The number of halogens is 3. The summed E-state index contributed by atoms with van der Waals surface area (Å²) in [7, 11) is 1.47. The van der Waals surface area contributed by atoms with Crippen LogP contribution in [0.5, 0.6) is 0 Å². The second kappa shape index (κ2) is 8.58. The van der Waals surface area contributed by atoms with Crippen molar-refractivity contribution < 1.29 is 27.5 Å². The first-order valence-corrected chi connectivity index (χ1v) is 10.1. The Morgan fingerprint density at radius 1 is 1.12 bits per heavy atom. The topological polar surface area (TPSA) is 95.0 Å². The quantitative estimate of drug-likeness (QED) is 0.339. The molecule has 0 aliphatic heterocycles. The Bertz CT molecular complexity index is 1570. The zero-order valence-corrected chi connectivity index (χ0v) is 18.0. The van der Waals surface area contributed by atoms with Gasteiger partial charge in [-0.15, -0.1) is 0 Å². The van der Waals surface area contributed by atoms with E-state index in [0.717, 1.165) is 24.3 Å². The lowest BCUT2D eigenvalue weighted by molar-refractivity contribution is -0.137. The van der Waals surface area contributed by atoms with Gasteiger partial charge in [0.25, 0.3) is 11.5 Å². The van der Waals surface area contributed by atoms with E-state index in [4.69, 9.17) is 4.74 Å². The van der Waals surface area contributed by atoms with Crippen LogP contribution in [0.4, 0.5) is 13.2 Å². The summed E-state index contributed by atoms with van der Waals surface area (Å²) >= 11 is 0. The van der Waals surface area contributed by atoms with Crippen LogP contribution in [-0.4, -0.2) is 32.4 Å². The molecule has 0 aliphatic rings. The third-order valence-corrected chi connectivity index (χ3v) is 5.08. The van der Waals surface area contributed by atoms with Crippen molar-refractivity contribution in [2.24, 2.45) is 12.0 Å². The average Bonchev–Trinajstić information content (AvgIpc) is 2.81. The number of aryl methyl sites for hydroxylation is 1. The number of esters is 1. The van der Waals surface area contributed by atoms with Crippen molar-refractivity contribution in [1.82, 2.24) is 14.0 Å². The number of carbonyl (C=O) groups excluding carboxylic acids is 2. The predicted molar refractivity (Wildman–Crippen MR) is 115 cm³/mol. The summed E-state index contributed by atoms with van der Waals surface area (Å²) < 4.78 is 46.2. The predicted octanol–water partition coefficient (Wildman–Crippen LogP) is 3.12. The lowest BCUT2D eigenvalue weighted by atomic mass is 10.1.